The summed E-state index contributed by atoms with van der Waals surface area (Å²) in [6.45, 7) is 3.83. The van der Waals surface area contributed by atoms with Gasteiger partial charge in [-0.25, -0.2) is 0 Å². The molecule has 0 unspecified atom stereocenters. The van der Waals surface area contributed by atoms with E-state index in [9.17, 15) is 0 Å². The van der Waals surface area contributed by atoms with E-state index in [0.29, 0.717) is 5.56 Å². The summed E-state index contributed by atoms with van der Waals surface area (Å²) in [6.07, 6.45) is 0. The third-order valence-corrected chi connectivity index (χ3v) is 3.44. The molecule has 0 atom stereocenters. The number of nitriles is 1. The van der Waals surface area contributed by atoms with E-state index >= 15 is 0 Å². The van der Waals surface area contributed by atoms with Gasteiger partial charge in [0.25, 0.3) is 0 Å². The molecule has 2 heterocycles. The molecule has 2 aromatic heterocycles. The van der Waals surface area contributed by atoms with Gasteiger partial charge in [0.05, 0.1) is 11.6 Å². The van der Waals surface area contributed by atoms with E-state index in [1.54, 1.807) is 6.07 Å². The maximum absolute atomic E-state index is 9.10. The fourth-order valence-corrected chi connectivity index (χ4v) is 2.47. The first-order valence-corrected chi connectivity index (χ1v) is 6.80. The second-order valence-corrected chi connectivity index (χ2v) is 5.07. The minimum atomic E-state index is -0.138. The van der Waals surface area contributed by atoms with Crippen LogP contribution in [0.2, 0.25) is 0 Å². The van der Waals surface area contributed by atoms with Crippen LogP contribution in [0.5, 0.6) is 0 Å². The van der Waals surface area contributed by atoms with Gasteiger partial charge in [0.2, 0.25) is 0 Å². The van der Waals surface area contributed by atoms with Crippen molar-refractivity contribution in [3.8, 4) is 6.07 Å². The van der Waals surface area contributed by atoms with Crippen molar-refractivity contribution in [1.29, 1.82) is 5.26 Å². The molecule has 3 rings (SSSR count). The van der Waals surface area contributed by atoms with Crippen LogP contribution in [0.4, 0.5) is 0 Å². The molecule has 3 nitrogen and oxygen atoms in total. The first-order chi connectivity index (χ1) is 10.2. The molecule has 0 spiro atoms. The Bertz CT molecular complexity index is 764. The van der Waals surface area contributed by atoms with Gasteiger partial charge in [0, 0.05) is 0 Å². The zero-order chi connectivity index (χ0) is 14.8. The van der Waals surface area contributed by atoms with E-state index < -0.39 is 0 Å². The van der Waals surface area contributed by atoms with Gasteiger partial charge in [-0.15, -0.1) is 0 Å². The molecule has 0 aliphatic heterocycles. The van der Waals surface area contributed by atoms with Gasteiger partial charge in [-0.1, -0.05) is 12.1 Å². The van der Waals surface area contributed by atoms with E-state index in [1.165, 1.54) is 0 Å². The molecule has 0 aliphatic rings. The first kappa shape index (κ1) is 13.3. The van der Waals surface area contributed by atoms with Gasteiger partial charge >= 0.3 is 0 Å². The molecule has 0 amide bonds. The molecule has 0 aliphatic carbocycles. The van der Waals surface area contributed by atoms with Crippen LogP contribution in [0.15, 0.2) is 57.4 Å². The van der Waals surface area contributed by atoms with Crippen molar-refractivity contribution in [2.45, 2.75) is 19.8 Å². The average molecular weight is 277 g/mol. The number of furan rings is 2. The number of benzene rings is 1. The Morgan fingerprint density at radius 3 is 2.00 bits per heavy atom. The molecule has 3 aromatic rings. The van der Waals surface area contributed by atoms with Crippen LogP contribution in [-0.4, -0.2) is 0 Å². The summed E-state index contributed by atoms with van der Waals surface area (Å²) < 4.78 is 11.6. The van der Waals surface area contributed by atoms with E-state index in [0.717, 1.165) is 28.6 Å². The quantitative estimate of drug-likeness (QED) is 0.706. The third kappa shape index (κ3) is 2.61. The molecule has 0 bridgehead atoms. The smallest absolute Gasteiger partial charge is 0.119 e. The Balaban J connectivity index is 2.14. The lowest BCUT2D eigenvalue weighted by Gasteiger charge is -2.13. The second kappa shape index (κ2) is 5.34. The molecular formula is C18H15NO2. The lowest BCUT2D eigenvalue weighted by atomic mass is 9.93. The van der Waals surface area contributed by atoms with E-state index in [1.807, 2.05) is 56.3 Å². The van der Waals surface area contributed by atoms with Crippen LogP contribution in [0.1, 0.15) is 40.1 Å². The lowest BCUT2D eigenvalue weighted by molar-refractivity contribution is 0.428. The van der Waals surface area contributed by atoms with Gasteiger partial charge in [-0.05, 0) is 55.8 Å². The molecule has 0 radical (unpaired) electrons. The standard InChI is InChI=1S/C18H15NO2/c1-12-6-8-16(20-12)18(17-9-7-13(2)21-17)15-5-3-4-14(10-15)11-19/h3-10,18H,1-2H3. The Morgan fingerprint density at radius 1 is 0.905 bits per heavy atom. The number of hydrogen-bond donors (Lipinski definition) is 0. The minimum absolute atomic E-state index is 0.138. The largest absolute Gasteiger partial charge is 0.465 e. The van der Waals surface area contributed by atoms with Crippen LogP contribution in [0.3, 0.4) is 0 Å². The summed E-state index contributed by atoms with van der Waals surface area (Å²) in [7, 11) is 0. The van der Waals surface area contributed by atoms with Crippen LogP contribution < -0.4 is 0 Å². The zero-order valence-corrected chi connectivity index (χ0v) is 12.0. The van der Waals surface area contributed by atoms with Crippen LogP contribution >= 0.6 is 0 Å². The van der Waals surface area contributed by atoms with Crippen molar-refractivity contribution in [2.75, 3.05) is 0 Å². The average Bonchev–Trinajstić information content (AvgIpc) is 3.09. The maximum atomic E-state index is 9.10. The van der Waals surface area contributed by atoms with Crippen molar-refractivity contribution < 1.29 is 8.83 Å². The fraction of sp³-hybridized carbons (Fsp3) is 0.167. The van der Waals surface area contributed by atoms with E-state index in [2.05, 4.69) is 6.07 Å². The van der Waals surface area contributed by atoms with Crippen molar-refractivity contribution in [3.63, 3.8) is 0 Å². The van der Waals surface area contributed by atoms with Crippen molar-refractivity contribution >= 4 is 0 Å². The molecular weight excluding hydrogens is 262 g/mol. The highest BCUT2D eigenvalue weighted by atomic mass is 16.4. The van der Waals surface area contributed by atoms with Crippen molar-refractivity contribution in [2.24, 2.45) is 0 Å². The number of aryl methyl sites for hydroxylation is 2. The zero-order valence-electron chi connectivity index (χ0n) is 12.0. The van der Waals surface area contributed by atoms with Crippen LogP contribution in [0.25, 0.3) is 0 Å². The Morgan fingerprint density at radius 2 is 1.52 bits per heavy atom. The topological polar surface area (TPSA) is 50.1 Å². The minimum Gasteiger partial charge on any atom is -0.465 e. The van der Waals surface area contributed by atoms with Gasteiger partial charge in [-0.3, -0.25) is 0 Å². The van der Waals surface area contributed by atoms with Crippen LogP contribution in [-0.2, 0) is 0 Å². The predicted molar refractivity (Wildman–Crippen MR) is 79.0 cm³/mol. The summed E-state index contributed by atoms with van der Waals surface area (Å²) in [6, 6.07) is 17.5. The molecule has 0 N–H and O–H groups in total. The second-order valence-electron chi connectivity index (χ2n) is 5.07. The highest BCUT2D eigenvalue weighted by Gasteiger charge is 2.23. The number of hydrogen-bond acceptors (Lipinski definition) is 3. The monoisotopic (exact) mass is 277 g/mol. The normalized spacial score (nSPS) is 10.8. The summed E-state index contributed by atoms with van der Waals surface area (Å²) in [5.74, 6) is 3.21. The highest BCUT2D eigenvalue weighted by Crippen LogP contribution is 2.34. The van der Waals surface area contributed by atoms with Crippen molar-refractivity contribution in [1.82, 2.24) is 0 Å². The first-order valence-electron chi connectivity index (χ1n) is 6.80. The Hall–Kier alpha value is -2.73. The number of nitrogens with zero attached hydrogens (tertiary/aromatic N) is 1. The number of rotatable bonds is 3. The fourth-order valence-electron chi connectivity index (χ4n) is 2.47. The lowest BCUT2D eigenvalue weighted by Crippen LogP contribution is -2.01. The van der Waals surface area contributed by atoms with Crippen LogP contribution in [0, 0.1) is 25.2 Å². The van der Waals surface area contributed by atoms with Gasteiger partial charge in [0.15, 0.2) is 0 Å². The maximum Gasteiger partial charge on any atom is 0.119 e. The molecule has 21 heavy (non-hydrogen) atoms. The third-order valence-electron chi connectivity index (χ3n) is 3.44. The van der Waals surface area contributed by atoms with Gasteiger partial charge < -0.3 is 8.83 Å². The summed E-state index contributed by atoms with van der Waals surface area (Å²) in [5.41, 5.74) is 1.61. The van der Waals surface area contributed by atoms with Crippen molar-refractivity contribution in [3.05, 3.63) is 82.7 Å². The molecule has 0 saturated heterocycles. The summed E-state index contributed by atoms with van der Waals surface area (Å²) >= 11 is 0. The highest BCUT2D eigenvalue weighted by molar-refractivity contribution is 5.41. The summed E-state index contributed by atoms with van der Waals surface area (Å²) in [5, 5.41) is 9.10. The molecule has 0 fully saturated rings. The Kier molecular flexibility index (Phi) is 3.37. The SMILES string of the molecule is Cc1ccc(C(c2cccc(C#N)c2)c2ccc(C)o2)o1. The molecule has 104 valence electrons. The van der Waals surface area contributed by atoms with Gasteiger partial charge in [-0.2, -0.15) is 5.26 Å². The molecule has 3 heteroatoms. The molecule has 1 aromatic carbocycles. The van der Waals surface area contributed by atoms with E-state index in [4.69, 9.17) is 14.1 Å². The molecule has 0 saturated carbocycles. The van der Waals surface area contributed by atoms with Gasteiger partial charge in [0.1, 0.15) is 29.0 Å². The Labute approximate surface area is 123 Å². The van der Waals surface area contributed by atoms with E-state index in [-0.39, 0.29) is 5.92 Å². The summed E-state index contributed by atoms with van der Waals surface area (Å²) in [4.78, 5) is 0. The predicted octanol–water partition coefficient (Wildman–Crippen LogP) is 4.54.